The molecule has 0 bridgehead atoms. The van der Waals surface area contributed by atoms with E-state index in [4.69, 9.17) is 27.9 Å². The molecule has 1 fully saturated rings. The molecule has 3 atom stereocenters. The number of hydrogen-bond acceptors (Lipinski definition) is 3. The van der Waals surface area contributed by atoms with E-state index in [0.29, 0.717) is 23.0 Å². The van der Waals surface area contributed by atoms with Crippen molar-refractivity contribution in [3.8, 4) is 5.75 Å². The molecular formula is C23H27Cl2NO3. The molecule has 0 radical (unpaired) electrons. The van der Waals surface area contributed by atoms with Crippen molar-refractivity contribution in [2.24, 2.45) is 11.8 Å². The van der Waals surface area contributed by atoms with E-state index in [9.17, 15) is 9.90 Å². The maximum Gasteiger partial charge on any atom is 0.223 e. The van der Waals surface area contributed by atoms with Gasteiger partial charge in [0.2, 0.25) is 5.91 Å². The van der Waals surface area contributed by atoms with Gasteiger partial charge in [0, 0.05) is 22.5 Å². The summed E-state index contributed by atoms with van der Waals surface area (Å²) in [4.78, 5) is 12.7. The normalized spacial score (nSPS) is 19.7. The third kappa shape index (κ3) is 6.11. The van der Waals surface area contributed by atoms with Gasteiger partial charge in [-0.2, -0.15) is 0 Å². The van der Waals surface area contributed by atoms with Gasteiger partial charge in [0.05, 0.1) is 13.2 Å². The van der Waals surface area contributed by atoms with Gasteiger partial charge >= 0.3 is 0 Å². The van der Waals surface area contributed by atoms with E-state index in [1.165, 1.54) is 0 Å². The minimum absolute atomic E-state index is 0.00352. The van der Waals surface area contributed by atoms with E-state index in [1.54, 1.807) is 25.3 Å². The largest absolute Gasteiger partial charge is 0.497 e. The van der Waals surface area contributed by atoms with Crippen LogP contribution in [0.4, 0.5) is 0 Å². The Morgan fingerprint density at radius 1 is 1.14 bits per heavy atom. The molecule has 4 nitrogen and oxygen atoms in total. The summed E-state index contributed by atoms with van der Waals surface area (Å²) in [5.74, 6) is 0.654. The van der Waals surface area contributed by atoms with Crippen LogP contribution in [0.5, 0.6) is 5.75 Å². The fourth-order valence-electron chi connectivity index (χ4n) is 4.13. The highest BCUT2D eigenvalue weighted by Gasteiger charge is 2.37. The predicted molar refractivity (Wildman–Crippen MR) is 116 cm³/mol. The zero-order valence-electron chi connectivity index (χ0n) is 16.5. The molecule has 3 rings (SSSR count). The quantitative estimate of drug-likeness (QED) is 0.611. The lowest BCUT2D eigenvalue weighted by Crippen LogP contribution is -2.36. The summed E-state index contributed by atoms with van der Waals surface area (Å²) in [6.45, 7) is 0.379. The molecule has 0 saturated heterocycles. The highest BCUT2D eigenvalue weighted by atomic mass is 35.5. The molecule has 1 aliphatic carbocycles. The van der Waals surface area contributed by atoms with Crippen LogP contribution in [-0.4, -0.2) is 24.2 Å². The third-order valence-corrected chi connectivity index (χ3v) is 6.11. The molecule has 0 aromatic heterocycles. The lowest BCUT2D eigenvalue weighted by molar-refractivity contribution is -0.127. The molecule has 1 amide bonds. The Hall–Kier alpha value is -1.75. The summed E-state index contributed by atoms with van der Waals surface area (Å²) >= 11 is 12.0. The zero-order chi connectivity index (χ0) is 20.8. The Morgan fingerprint density at radius 3 is 2.48 bits per heavy atom. The summed E-state index contributed by atoms with van der Waals surface area (Å²) in [7, 11) is 1.64. The van der Waals surface area contributed by atoms with Crippen LogP contribution in [0.15, 0.2) is 42.5 Å². The Kier molecular flexibility index (Phi) is 7.82. The lowest BCUT2D eigenvalue weighted by atomic mass is 9.87. The van der Waals surface area contributed by atoms with Gasteiger partial charge in [0.15, 0.2) is 0 Å². The Bertz CT molecular complexity index is 805. The number of amides is 1. The number of hydrogen-bond donors (Lipinski definition) is 2. The van der Waals surface area contributed by atoms with Crippen molar-refractivity contribution in [3.05, 3.63) is 63.6 Å². The molecular weight excluding hydrogens is 409 g/mol. The van der Waals surface area contributed by atoms with Gasteiger partial charge < -0.3 is 15.2 Å². The highest BCUT2D eigenvalue weighted by Crippen LogP contribution is 2.36. The van der Waals surface area contributed by atoms with E-state index in [0.717, 1.165) is 42.6 Å². The van der Waals surface area contributed by atoms with Gasteiger partial charge in [0.25, 0.3) is 0 Å². The molecule has 1 unspecified atom stereocenters. The van der Waals surface area contributed by atoms with Gasteiger partial charge in [0.1, 0.15) is 5.75 Å². The highest BCUT2D eigenvalue weighted by molar-refractivity contribution is 6.34. The Balaban J connectivity index is 1.52. The second-order valence-electron chi connectivity index (χ2n) is 7.65. The van der Waals surface area contributed by atoms with Crippen LogP contribution in [0.3, 0.4) is 0 Å². The number of carbonyl (C=O) groups is 1. The van der Waals surface area contributed by atoms with Gasteiger partial charge in [-0.25, -0.2) is 0 Å². The van der Waals surface area contributed by atoms with Crippen LogP contribution in [0.2, 0.25) is 10.0 Å². The first-order valence-electron chi connectivity index (χ1n) is 10.00. The molecule has 0 spiro atoms. The number of nitrogens with one attached hydrogen (secondary N) is 1. The number of ether oxygens (including phenoxy) is 1. The number of aliphatic hydroxyl groups is 1. The van der Waals surface area contributed by atoms with Crippen molar-refractivity contribution in [3.63, 3.8) is 0 Å². The Labute approximate surface area is 182 Å². The second kappa shape index (κ2) is 10.3. The van der Waals surface area contributed by atoms with Gasteiger partial charge in [-0.1, -0.05) is 41.8 Å². The monoisotopic (exact) mass is 435 g/mol. The average Bonchev–Trinajstić information content (AvgIpc) is 3.20. The molecule has 2 aromatic carbocycles. The van der Waals surface area contributed by atoms with E-state index < -0.39 is 6.10 Å². The molecule has 2 N–H and O–H groups in total. The second-order valence-corrected chi connectivity index (χ2v) is 8.52. The van der Waals surface area contributed by atoms with Crippen molar-refractivity contribution >= 4 is 29.1 Å². The molecule has 0 aliphatic heterocycles. The summed E-state index contributed by atoms with van der Waals surface area (Å²) in [6, 6.07) is 13.1. The van der Waals surface area contributed by atoms with Crippen LogP contribution in [0, 0.1) is 11.8 Å². The molecule has 2 aromatic rings. The van der Waals surface area contributed by atoms with Crippen LogP contribution < -0.4 is 10.1 Å². The number of aliphatic hydroxyl groups excluding tert-OH is 1. The number of carbonyl (C=O) groups excluding carboxylic acids is 1. The summed E-state index contributed by atoms with van der Waals surface area (Å²) in [5, 5.41) is 14.8. The first-order valence-corrected chi connectivity index (χ1v) is 10.8. The summed E-state index contributed by atoms with van der Waals surface area (Å²) < 4.78 is 5.18. The standard InChI is InChI=1S/C23H27Cl2NO3/c1-29-19-8-5-15(6-9-19)7-10-22(27)20-3-2-4-21(20)23(28)26-14-16-11-17(24)13-18(25)12-16/h5-6,8-9,11-13,20-22,27H,2-4,7,10,14H2,1H3,(H,26,28)/t20-,21-,22?/m1/s1. The van der Waals surface area contributed by atoms with Crippen LogP contribution in [-0.2, 0) is 17.8 Å². The van der Waals surface area contributed by atoms with Crippen molar-refractivity contribution in [2.75, 3.05) is 7.11 Å². The molecule has 1 saturated carbocycles. The van der Waals surface area contributed by atoms with Crippen molar-refractivity contribution in [1.82, 2.24) is 5.32 Å². The first kappa shape index (κ1) is 21.9. The molecule has 156 valence electrons. The first-order chi connectivity index (χ1) is 14.0. The van der Waals surface area contributed by atoms with Crippen molar-refractivity contribution in [1.29, 1.82) is 0 Å². The van der Waals surface area contributed by atoms with E-state index in [-0.39, 0.29) is 17.7 Å². The number of benzene rings is 2. The van der Waals surface area contributed by atoms with Gasteiger partial charge in [-0.05, 0) is 73.1 Å². The van der Waals surface area contributed by atoms with Crippen molar-refractivity contribution in [2.45, 2.75) is 44.8 Å². The maximum atomic E-state index is 12.7. The van der Waals surface area contributed by atoms with Crippen LogP contribution >= 0.6 is 23.2 Å². The molecule has 0 heterocycles. The summed E-state index contributed by atoms with van der Waals surface area (Å²) in [5.41, 5.74) is 2.02. The number of halogens is 2. The fraction of sp³-hybridized carbons (Fsp3) is 0.435. The molecule has 29 heavy (non-hydrogen) atoms. The zero-order valence-corrected chi connectivity index (χ0v) is 18.0. The minimum atomic E-state index is -0.490. The van der Waals surface area contributed by atoms with E-state index >= 15 is 0 Å². The predicted octanol–water partition coefficient (Wildman–Crippen LogP) is 5.03. The smallest absolute Gasteiger partial charge is 0.223 e. The van der Waals surface area contributed by atoms with Gasteiger partial charge in [-0.3, -0.25) is 4.79 Å². The van der Waals surface area contributed by atoms with Crippen molar-refractivity contribution < 1.29 is 14.6 Å². The molecule has 1 aliphatic rings. The number of rotatable bonds is 8. The van der Waals surface area contributed by atoms with E-state index in [1.807, 2.05) is 24.3 Å². The third-order valence-electron chi connectivity index (χ3n) is 5.68. The number of methoxy groups -OCH3 is 1. The SMILES string of the molecule is COc1ccc(CCC(O)[C@@H]2CCC[C@H]2C(=O)NCc2cc(Cl)cc(Cl)c2)cc1. The minimum Gasteiger partial charge on any atom is -0.497 e. The average molecular weight is 436 g/mol. The number of aryl methyl sites for hydroxylation is 1. The molecule has 6 heteroatoms. The van der Waals surface area contributed by atoms with Crippen LogP contribution in [0.1, 0.15) is 36.8 Å². The topological polar surface area (TPSA) is 58.6 Å². The summed E-state index contributed by atoms with van der Waals surface area (Å²) in [6.07, 6.45) is 3.58. The fourth-order valence-corrected chi connectivity index (χ4v) is 4.70. The Morgan fingerprint density at radius 2 is 1.83 bits per heavy atom. The van der Waals surface area contributed by atoms with Gasteiger partial charge in [-0.15, -0.1) is 0 Å². The lowest BCUT2D eigenvalue weighted by Gasteiger charge is -2.24. The van der Waals surface area contributed by atoms with Crippen LogP contribution in [0.25, 0.3) is 0 Å². The van der Waals surface area contributed by atoms with E-state index in [2.05, 4.69) is 5.32 Å². The maximum absolute atomic E-state index is 12.7.